The molecule has 0 aromatic heterocycles. The van der Waals surface area contributed by atoms with Crippen LogP contribution in [0.1, 0.15) is 13.8 Å². The Morgan fingerprint density at radius 1 is 1.40 bits per heavy atom. The molecule has 1 N–H and O–H groups in total. The van der Waals surface area contributed by atoms with Crippen LogP contribution in [-0.4, -0.2) is 13.2 Å². The summed E-state index contributed by atoms with van der Waals surface area (Å²) < 4.78 is 5.36. The molecule has 0 unspecified atom stereocenters. The number of allylic oxidation sites excluding steroid dienone is 2. The van der Waals surface area contributed by atoms with Crippen LogP contribution in [0.3, 0.4) is 0 Å². The van der Waals surface area contributed by atoms with Gasteiger partial charge in [0.15, 0.2) is 0 Å². The summed E-state index contributed by atoms with van der Waals surface area (Å²) in [5, 5.41) is 3.24. The fourth-order valence-corrected chi connectivity index (χ4v) is 0.995. The largest absolute Gasteiger partial charge is 0.490 e. The quantitative estimate of drug-likeness (QED) is 0.548. The molecule has 0 aliphatic carbocycles. The summed E-state index contributed by atoms with van der Waals surface area (Å²) >= 11 is 0. The van der Waals surface area contributed by atoms with Crippen LogP contribution in [-0.2, 0) is 4.74 Å². The summed E-state index contributed by atoms with van der Waals surface area (Å²) in [6.07, 6.45) is 4.00. The molecule has 56 valence electrons. The van der Waals surface area contributed by atoms with Crippen molar-refractivity contribution in [1.29, 1.82) is 0 Å². The zero-order chi connectivity index (χ0) is 7.40. The predicted octanol–water partition coefficient (Wildman–Crippen LogP) is 1.41. The maximum Gasteiger partial charge on any atom is 0.137 e. The molecule has 0 bridgehead atoms. The first kappa shape index (κ1) is 7.19. The van der Waals surface area contributed by atoms with E-state index in [0.717, 1.165) is 24.6 Å². The minimum Gasteiger partial charge on any atom is -0.490 e. The molecule has 0 atom stereocenters. The van der Waals surface area contributed by atoms with Gasteiger partial charge in [0.1, 0.15) is 12.4 Å². The van der Waals surface area contributed by atoms with Gasteiger partial charge in [0.2, 0.25) is 0 Å². The Morgan fingerprint density at radius 2 is 2.20 bits per heavy atom. The summed E-state index contributed by atoms with van der Waals surface area (Å²) in [7, 11) is 0. The Labute approximate surface area is 61.6 Å². The van der Waals surface area contributed by atoms with E-state index in [0.29, 0.717) is 0 Å². The lowest BCUT2D eigenvalue weighted by molar-refractivity contribution is 0.196. The van der Waals surface area contributed by atoms with Crippen LogP contribution >= 0.6 is 0 Å². The summed E-state index contributed by atoms with van der Waals surface area (Å²) in [5.41, 5.74) is 1.11. The van der Waals surface area contributed by atoms with Gasteiger partial charge in [-0.1, -0.05) is 6.08 Å². The SMILES string of the molecule is C/C=C1/NCCO/C1=C/C. The topological polar surface area (TPSA) is 21.3 Å². The lowest BCUT2D eigenvalue weighted by Gasteiger charge is -2.20. The van der Waals surface area contributed by atoms with E-state index in [1.165, 1.54) is 0 Å². The number of nitrogens with one attached hydrogen (secondary N) is 1. The first-order valence-corrected chi connectivity index (χ1v) is 3.58. The maximum atomic E-state index is 5.36. The van der Waals surface area contributed by atoms with Crippen LogP contribution < -0.4 is 5.32 Å². The molecule has 0 aromatic carbocycles. The van der Waals surface area contributed by atoms with Crippen LogP contribution in [0.5, 0.6) is 0 Å². The second kappa shape index (κ2) is 3.30. The zero-order valence-corrected chi connectivity index (χ0v) is 6.48. The second-order valence-corrected chi connectivity index (χ2v) is 2.13. The van der Waals surface area contributed by atoms with Gasteiger partial charge in [-0.2, -0.15) is 0 Å². The van der Waals surface area contributed by atoms with Crippen molar-refractivity contribution in [2.75, 3.05) is 13.2 Å². The van der Waals surface area contributed by atoms with Crippen LogP contribution in [0.2, 0.25) is 0 Å². The fourth-order valence-electron chi connectivity index (χ4n) is 0.995. The van der Waals surface area contributed by atoms with E-state index in [1.807, 2.05) is 26.0 Å². The monoisotopic (exact) mass is 139 g/mol. The van der Waals surface area contributed by atoms with E-state index in [2.05, 4.69) is 5.32 Å². The molecule has 0 aromatic rings. The molecule has 1 heterocycles. The molecule has 1 aliphatic rings. The molecule has 0 radical (unpaired) electrons. The van der Waals surface area contributed by atoms with Gasteiger partial charge < -0.3 is 10.1 Å². The minimum absolute atomic E-state index is 0.775. The molecule has 0 saturated carbocycles. The van der Waals surface area contributed by atoms with Gasteiger partial charge in [-0.3, -0.25) is 0 Å². The van der Waals surface area contributed by atoms with Crippen molar-refractivity contribution in [2.45, 2.75) is 13.8 Å². The van der Waals surface area contributed by atoms with Gasteiger partial charge in [-0.15, -0.1) is 0 Å². The smallest absolute Gasteiger partial charge is 0.137 e. The highest BCUT2D eigenvalue weighted by molar-refractivity contribution is 5.24. The number of rotatable bonds is 0. The van der Waals surface area contributed by atoms with Crippen LogP contribution in [0.15, 0.2) is 23.6 Å². The van der Waals surface area contributed by atoms with Gasteiger partial charge in [0.05, 0.1) is 5.70 Å². The van der Waals surface area contributed by atoms with E-state index < -0.39 is 0 Å². The van der Waals surface area contributed by atoms with Crippen LogP contribution in [0.25, 0.3) is 0 Å². The Bertz CT molecular complexity index is 150. The number of hydrogen-bond acceptors (Lipinski definition) is 2. The molecular formula is C8H13NO. The van der Waals surface area contributed by atoms with Gasteiger partial charge in [0, 0.05) is 6.54 Å². The summed E-state index contributed by atoms with van der Waals surface area (Å²) in [5.74, 6) is 0.966. The summed E-state index contributed by atoms with van der Waals surface area (Å²) in [6.45, 7) is 5.67. The van der Waals surface area contributed by atoms with Crippen LogP contribution in [0.4, 0.5) is 0 Å². The Hall–Kier alpha value is -0.920. The van der Waals surface area contributed by atoms with Gasteiger partial charge >= 0.3 is 0 Å². The molecule has 1 aliphatic heterocycles. The Morgan fingerprint density at radius 3 is 2.70 bits per heavy atom. The normalized spacial score (nSPS) is 26.2. The third-order valence-electron chi connectivity index (χ3n) is 1.49. The van der Waals surface area contributed by atoms with Crippen molar-refractivity contribution in [2.24, 2.45) is 0 Å². The third-order valence-corrected chi connectivity index (χ3v) is 1.49. The molecule has 2 heteroatoms. The molecular weight excluding hydrogens is 126 g/mol. The molecule has 10 heavy (non-hydrogen) atoms. The van der Waals surface area contributed by atoms with E-state index >= 15 is 0 Å². The standard InChI is InChI=1S/C8H13NO/c1-3-7-8(4-2)10-6-5-9-7/h3-4,9H,5-6H2,1-2H3/b7-3+,8-4+. The predicted molar refractivity (Wildman–Crippen MR) is 41.5 cm³/mol. The highest BCUT2D eigenvalue weighted by atomic mass is 16.5. The highest BCUT2D eigenvalue weighted by Gasteiger charge is 2.08. The highest BCUT2D eigenvalue weighted by Crippen LogP contribution is 2.11. The Balaban J connectivity index is 2.69. The van der Waals surface area contributed by atoms with E-state index in [4.69, 9.17) is 4.74 Å². The summed E-state index contributed by atoms with van der Waals surface area (Å²) in [4.78, 5) is 0. The molecule has 0 spiro atoms. The third kappa shape index (κ3) is 1.32. The molecule has 2 nitrogen and oxygen atoms in total. The second-order valence-electron chi connectivity index (χ2n) is 2.13. The van der Waals surface area contributed by atoms with E-state index in [-0.39, 0.29) is 0 Å². The van der Waals surface area contributed by atoms with Crippen molar-refractivity contribution in [1.82, 2.24) is 5.32 Å². The van der Waals surface area contributed by atoms with Gasteiger partial charge in [-0.05, 0) is 19.9 Å². The van der Waals surface area contributed by atoms with Gasteiger partial charge in [0.25, 0.3) is 0 Å². The fraction of sp³-hybridized carbons (Fsp3) is 0.500. The van der Waals surface area contributed by atoms with Crippen molar-refractivity contribution < 1.29 is 4.74 Å². The molecule has 0 amide bonds. The Kier molecular flexibility index (Phi) is 2.37. The molecule has 1 rings (SSSR count). The lowest BCUT2D eigenvalue weighted by atomic mass is 10.3. The van der Waals surface area contributed by atoms with Crippen molar-refractivity contribution >= 4 is 0 Å². The van der Waals surface area contributed by atoms with Crippen LogP contribution in [0, 0.1) is 0 Å². The number of ether oxygens (including phenoxy) is 1. The molecule has 1 saturated heterocycles. The van der Waals surface area contributed by atoms with Gasteiger partial charge in [-0.25, -0.2) is 0 Å². The van der Waals surface area contributed by atoms with E-state index in [9.17, 15) is 0 Å². The number of hydrogen-bond donors (Lipinski definition) is 1. The van der Waals surface area contributed by atoms with E-state index in [1.54, 1.807) is 0 Å². The average Bonchev–Trinajstić information content (AvgIpc) is 2.04. The first-order valence-electron chi connectivity index (χ1n) is 3.58. The van der Waals surface area contributed by atoms with Crippen molar-refractivity contribution in [3.8, 4) is 0 Å². The summed E-state index contributed by atoms with van der Waals surface area (Å²) in [6, 6.07) is 0. The zero-order valence-electron chi connectivity index (χ0n) is 6.48. The maximum absolute atomic E-state index is 5.36. The molecule has 1 fully saturated rings. The minimum atomic E-state index is 0.775. The number of morpholine rings is 1. The average molecular weight is 139 g/mol. The lowest BCUT2D eigenvalue weighted by Crippen LogP contribution is -2.27. The first-order chi connectivity index (χ1) is 4.88. The van der Waals surface area contributed by atoms with Crippen molar-refractivity contribution in [3.05, 3.63) is 23.6 Å². The van der Waals surface area contributed by atoms with Crippen molar-refractivity contribution in [3.63, 3.8) is 0 Å².